The Kier molecular flexibility index (Phi) is 8.25. The normalized spacial score (nSPS) is 18.7. The zero-order valence-electron chi connectivity index (χ0n) is 21.3. The molecule has 4 rings (SSSR count). The van der Waals surface area contributed by atoms with Gasteiger partial charge in [0.1, 0.15) is 12.3 Å². The molecule has 0 saturated carbocycles. The van der Waals surface area contributed by atoms with Gasteiger partial charge in [0, 0.05) is 43.9 Å². The van der Waals surface area contributed by atoms with Gasteiger partial charge in [0.25, 0.3) is 5.91 Å². The van der Waals surface area contributed by atoms with E-state index in [0.29, 0.717) is 50.7 Å². The summed E-state index contributed by atoms with van der Waals surface area (Å²) in [5, 5.41) is 0. The van der Waals surface area contributed by atoms with Crippen molar-refractivity contribution in [1.29, 1.82) is 0 Å². The molecule has 0 bridgehead atoms. The van der Waals surface area contributed by atoms with Crippen molar-refractivity contribution in [3.05, 3.63) is 59.7 Å². The predicted octanol–water partition coefficient (Wildman–Crippen LogP) is 3.35. The van der Waals surface area contributed by atoms with Gasteiger partial charge in [0.2, 0.25) is 11.8 Å². The standard InChI is InChI=1S/C28H35N3O5/c1-20(2)15-29-16-25(36-19-21-7-4-10-24(13-21)35-3)17-30(18-27(29)33)28(34)22-8-5-9-23(14-22)31-12-6-11-26(31)32/h4-5,7-10,13-14,20,25H,6,11-12,15-19H2,1-3H3/t25-/m1/s1. The van der Waals surface area contributed by atoms with E-state index in [1.54, 1.807) is 40.0 Å². The average Bonchev–Trinajstić information content (AvgIpc) is 3.24. The monoisotopic (exact) mass is 493 g/mol. The Morgan fingerprint density at radius 2 is 1.86 bits per heavy atom. The summed E-state index contributed by atoms with van der Waals surface area (Å²) >= 11 is 0. The van der Waals surface area contributed by atoms with Gasteiger partial charge in [0.15, 0.2) is 0 Å². The van der Waals surface area contributed by atoms with Gasteiger partial charge in [-0.25, -0.2) is 0 Å². The number of hydrogen-bond acceptors (Lipinski definition) is 5. The first kappa shape index (κ1) is 25.7. The first-order valence-corrected chi connectivity index (χ1v) is 12.6. The second-order valence-electron chi connectivity index (χ2n) is 9.86. The third-order valence-corrected chi connectivity index (χ3v) is 6.50. The van der Waals surface area contributed by atoms with Gasteiger partial charge in [-0.3, -0.25) is 14.4 Å². The van der Waals surface area contributed by atoms with Crippen LogP contribution in [-0.2, 0) is 20.9 Å². The Labute approximate surface area is 212 Å². The number of hydrogen-bond donors (Lipinski definition) is 0. The molecular weight excluding hydrogens is 458 g/mol. The Bertz CT molecular complexity index is 1100. The van der Waals surface area contributed by atoms with Crippen molar-refractivity contribution >= 4 is 23.4 Å². The van der Waals surface area contributed by atoms with E-state index >= 15 is 0 Å². The number of carbonyl (C=O) groups excluding carboxylic acids is 3. The zero-order chi connectivity index (χ0) is 25.7. The summed E-state index contributed by atoms with van der Waals surface area (Å²) < 4.78 is 11.6. The molecule has 0 spiro atoms. The zero-order valence-corrected chi connectivity index (χ0v) is 21.3. The van der Waals surface area contributed by atoms with Crippen molar-refractivity contribution in [3.8, 4) is 5.75 Å². The first-order chi connectivity index (χ1) is 17.3. The molecule has 36 heavy (non-hydrogen) atoms. The van der Waals surface area contributed by atoms with E-state index in [0.717, 1.165) is 23.4 Å². The summed E-state index contributed by atoms with van der Waals surface area (Å²) in [6.45, 7) is 6.47. The van der Waals surface area contributed by atoms with Crippen LogP contribution in [0.5, 0.6) is 5.75 Å². The molecular formula is C28H35N3O5. The molecule has 2 aromatic rings. The molecule has 0 radical (unpaired) electrons. The smallest absolute Gasteiger partial charge is 0.254 e. The fourth-order valence-electron chi connectivity index (χ4n) is 4.74. The lowest BCUT2D eigenvalue weighted by Crippen LogP contribution is -2.40. The summed E-state index contributed by atoms with van der Waals surface area (Å²) in [5.41, 5.74) is 2.14. The van der Waals surface area contributed by atoms with E-state index in [-0.39, 0.29) is 30.4 Å². The minimum atomic E-state index is -0.339. The Hall–Kier alpha value is -3.39. The highest BCUT2D eigenvalue weighted by atomic mass is 16.5. The van der Waals surface area contributed by atoms with Crippen LogP contribution in [-0.4, -0.2) is 73.5 Å². The lowest BCUT2D eigenvalue weighted by Gasteiger charge is -2.26. The van der Waals surface area contributed by atoms with E-state index in [9.17, 15) is 14.4 Å². The summed E-state index contributed by atoms with van der Waals surface area (Å²) in [5.74, 6) is 0.792. The van der Waals surface area contributed by atoms with Crippen LogP contribution in [0.25, 0.3) is 0 Å². The maximum Gasteiger partial charge on any atom is 0.254 e. The fraction of sp³-hybridized carbons (Fsp3) is 0.464. The SMILES string of the molecule is COc1cccc(CO[C@@H]2CN(CC(C)C)C(=O)CN(C(=O)c3cccc(N4CCCC4=O)c3)C2)c1. The topological polar surface area (TPSA) is 79.4 Å². The summed E-state index contributed by atoms with van der Waals surface area (Å²) in [4.78, 5) is 44.0. The quantitative estimate of drug-likeness (QED) is 0.564. The van der Waals surface area contributed by atoms with Crippen molar-refractivity contribution < 1.29 is 23.9 Å². The van der Waals surface area contributed by atoms with Crippen LogP contribution in [0, 0.1) is 5.92 Å². The molecule has 8 heteroatoms. The van der Waals surface area contributed by atoms with E-state index in [1.165, 1.54) is 0 Å². The Balaban J connectivity index is 1.52. The highest BCUT2D eigenvalue weighted by molar-refractivity contribution is 6.00. The van der Waals surface area contributed by atoms with Gasteiger partial charge in [-0.05, 0) is 48.2 Å². The Morgan fingerprint density at radius 3 is 2.58 bits per heavy atom. The number of amides is 3. The van der Waals surface area contributed by atoms with Crippen molar-refractivity contribution in [3.63, 3.8) is 0 Å². The lowest BCUT2D eigenvalue weighted by atomic mass is 10.1. The molecule has 1 atom stereocenters. The summed E-state index contributed by atoms with van der Waals surface area (Å²) in [6, 6.07) is 14.8. The summed E-state index contributed by atoms with van der Waals surface area (Å²) in [7, 11) is 1.62. The number of anilines is 1. The van der Waals surface area contributed by atoms with Crippen LogP contribution in [0.15, 0.2) is 48.5 Å². The predicted molar refractivity (Wildman–Crippen MR) is 137 cm³/mol. The second-order valence-corrected chi connectivity index (χ2v) is 9.86. The van der Waals surface area contributed by atoms with Crippen molar-refractivity contribution in [2.75, 3.05) is 44.7 Å². The number of ether oxygens (including phenoxy) is 2. The molecule has 0 aliphatic carbocycles. The van der Waals surface area contributed by atoms with E-state index in [2.05, 4.69) is 13.8 Å². The molecule has 2 aliphatic heterocycles. The lowest BCUT2D eigenvalue weighted by molar-refractivity contribution is -0.132. The maximum atomic E-state index is 13.6. The Morgan fingerprint density at radius 1 is 1.06 bits per heavy atom. The van der Waals surface area contributed by atoms with Gasteiger partial charge in [-0.15, -0.1) is 0 Å². The average molecular weight is 494 g/mol. The molecule has 2 aromatic carbocycles. The van der Waals surface area contributed by atoms with Gasteiger partial charge in [0.05, 0.1) is 19.8 Å². The molecule has 2 saturated heterocycles. The van der Waals surface area contributed by atoms with Crippen LogP contribution in [0.4, 0.5) is 5.69 Å². The first-order valence-electron chi connectivity index (χ1n) is 12.6. The maximum absolute atomic E-state index is 13.6. The van der Waals surface area contributed by atoms with E-state index in [1.807, 2.05) is 30.3 Å². The third kappa shape index (κ3) is 6.23. The molecule has 3 amide bonds. The van der Waals surface area contributed by atoms with Gasteiger partial charge in [-0.1, -0.05) is 32.0 Å². The molecule has 2 fully saturated rings. The van der Waals surface area contributed by atoms with E-state index < -0.39 is 0 Å². The van der Waals surface area contributed by atoms with Crippen LogP contribution < -0.4 is 9.64 Å². The molecule has 8 nitrogen and oxygen atoms in total. The van der Waals surface area contributed by atoms with Crippen molar-refractivity contribution in [2.24, 2.45) is 5.92 Å². The molecule has 0 aromatic heterocycles. The van der Waals surface area contributed by atoms with E-state index in [4.69, 9.17) is 9.47 Å². The molecule has 2 aliphatic rings. The van der Waals surface area contributed by atoms with Crippen molar-refractivity contribution in [2.45, 2.75) is 39.4 Å². The van der Waals surface area contributed by atoms with Crippen molar-refractivity contribution in [1.82, 2.24) is 9.80 Å². The minimum Gasteiger partial charge on any atom is -0.497 e. The fourth-order valence-corrected chi connectivity index (χ4v) is 4.74. The molecule has 192 valence electrons. The highest BCUT2D eigenvalue weighted by Gasteiger charge is 2.32. The van der Waals surface area contributed by atoms with Gasteiger partial charge >= 0.3 is 0 Å². The number of benzene rings is 2. The van der Waals surface area contributed by atoms with Gasteiger partial charge in [-0.2, -0.15) is 0 Å². The van der Waals surface area contributed by atoms with Crippen LogP contribution in [0.1, 0.15) is 42.6 Å². The van der Waals surface area contributed by atoms with Crippen LogP contribution >= 0.6 is 0 Å². The van der Waals surface area contributed by atoms with Crippen LogP contribution in [0.2, 0.25) is 0 Å². The summed E-state index contributed by atoms with van der Waals surface area (Å²) in [6.07, 6.45) is 1.00. The number of rotatable bonds is 8. The minimum absolute atomic E-state index is 0.00253. The van der Waals surface area contributed by atoms with Gasteiger partial charge < -0.3 is 24.2 Å². The second kappa shape index (κ2) is 11.6. The third-order valence-electron chi connectivity index (χ3n) is 6.50. The molecule has 0 N–H and O–H groups in total. The highest BCUT2D eigenvalue weighted by Crippen LogP contribution is 2.24. The number of carbonyl (C=O) groups is 3. The van der Waals surface area contributed by atoms with Crippen LogP contribution in [0.3, 0.4) is 0 Å². The number of nitrogens with zero attached hydrogens (tertiary/aromatic N) is 3. The molecule has 2 heterocycles. The number of methoxy groups -OCH3 is 1. The largest absolute Gasteiger partial charge is 0.497 e. The molecule has 0 unspecified atom stereocenters.